The first-order valence-corrected chi connectivity index (χ1v) is 22.7. The summed E-state index contributed by atoms with van der Waals surface area (Å²) < 4.78 is 42.5. The summed E-state index contributed by atoms with van der Waals surface area (Å²) in [6.07, 6.45) is 7.59. The van der Waals surface area contributed by atoms with Crippen LogP contribution in [0.25, 0.3) is 6.08 Å². The van der Waals surface area contributed by atoms with Crippen LogP contribution in [-0.4, -0.2) is 99.2 Å². The summed E-state index contributed by atoms with van der Waals surface area (Å²) in [5.41, 5.74) is 2.06. The van der Waals surface area contributed by atoms with Gasteiger partial charge < -0.3 is 25.0 Å². The highest BCUT2D eigenvalue weighted by molar-refractivity contribution is 14.2. The Kier molecular flexibility index (Phi) is 11.6. The normalized spacial score (nSPS) is 26.1. The molecule has 54 heavy (non-hydrogen) atoms. The maximum atomic E-state index is 14.5. The van der Waals surface area contributed by atoms with Gasteiger partial charge in [0.25, 0.3) is 5.91 Å². The number of alkyl halides is 1. The van der Waals surface area contributed by atoms with Crippen LogP contribution < -0.4 is 15.4 Å². The van der Waals surface area contributed by atoms with Crippen LogP contribution in [0.5, 0.6) is 0 Å². The molecule has 5 atom stereocenters. The second-order valence-electron chi connectivity index (χ2n) is 16.1. The van der Waals surface area contributed by atoms with Gasteiger partial charge in [0.2, 0.25) is 21.8 Å². The maximum absolute atomic E-state index is 14.5. The van der Waals surface area contributed by atoms with Crippen molar-refractivity contribution in [2.24, 2.45) is 10.8 Å². The zero-order valence-electron chi connectivity index (χ0n) is 31.0. The minimum Gasteiger partial charge on any atom is -0.449 e. The average molecular weight is 880 g/mol. The number of nitrogens with one attached hydrogen (secondary N) is 3. The van der Waals surface area contributed by atoms with Crippen molar-refractivity contribution in [3.63, 3.8) is 0 Å². The fraction of sp³-hybridized carbons (Fsp3) is 0.579. The van der Waals surface area contributed by atoms with Crippen molar-refractivity contribution >= 4 is 71.3 Å². The molecule has 294 valence electrons. The monoisotopic (exact) mass is 879 g/mol. The molecule has 2 saturated carbocycles. The highest BCUT2D eigenvalue weighted by atomic mass is 127. The Hall–Kier alpha value is -3.80. The molecule has 1 saturated heterocycles. The lowest BCUT2D eigenvalue weighted by Crippen LogP contribution is -2.60. The number of cyclic esters (lactones) is 1. The fourth-order valence-corrected chi connectivity index (χ4v) is 9.96. The molecule has 0 radical (unpaired) electrons. The molecule has 5 amide bonds. The molecule has 3 N–H and O–H groups in total. The zero-order chi connectivity index (χ0) is 39.0. The number of hydrogen-bond acceptors (Lipinski definition) is 9. The van der Waals surface area contributed by atoms with Crippen molar-refractivity contribution in [1.82, 2.24) is 25.2 Å². The lowest BCUT2D eigenvalue weighted by molar-refractivity contribution is -0.142. The molecule has 3 fully saturated rings. The number of sulfonamides is 1. The number of benzene rings is 1. The quantitative estimate of drug-likeness (QED) is 0.199. The van der Waals surface area contributed by atoms with Crippen molar-refractivity contribution in [2.45, 2.75) is 112 Å². The summed E-state index contributed by atoms with van der Waals surface area (Å²) >= 11 is -0.997. The minimum atomic E-state index is -3.94. The fourth-order valence-electron chi connectivity index (χ4n) is 7.25. The van der Waals surface area contributed by atoms with Crippen molar-refractivity contribution in [3.8, 4) is 0 Å². The third kappa shape index (κ3) is 9.01. The van der Waals surface area contributed by atoms with Gasteiger partial charge in [-0.25, -0.2) is 18.0 Å². The molecule has 14 nitrogen and oxygen atoms in total. The first-order valence-electron chi connectivity index (χ1n) is 18.4. The first-order chi connectivity index (χ1) is 25.5. The Morgan fingerprint density at radius 2 is 1.87 bits per heavy atom. The van der Waals surface area contributed by atoms with Crippen LogP contribution in [0.3, 0.4) is 0 Å². The Balaban J connectivity index is 1.29. The third-order valence-corrected chi connectivity index (χ3v) is 15.0. The number of carbonyl (C=O) groups excluding carboxylic acids is 5. The van der Waals surface area contributed by atoms with E-state index in [0.717, 1.165) is 42.4 Å². The highest BCUT2D eigenvalue weighted by Crippen LogP contribution is 2.50. The number of carbonyl (C=O) groups is 5. The van der Waals surface area contributed by atoms with E-state index in [2.05, 4.69) is 38.6 Å². The van der Waals surface area contributed by atoms with Crippen LogP contribution in [0, 0.1) is 10.8 Å². The van der Waals surface area contributed by atoms with Crippen LogP contribution in [0.4, 0.5) is 9.59 Å². The lowest BCUT2D eigenvalue weighted by Gasteiger charge is -2.35. The SMILES string of the molecule is C=C[C@H](I=C)C(NC(=O)[C@@H]1C[C@@H]2CN1C(=O)[C@H](C(C)(C)C)NC(=O)OCC1(CC/C=C/c3cccc4c3CN(C4)C(=O)O2)CC1)C(=O)NS(=O)(=O)C1CC1. The van der Waals surface area contributed by atoms with Crippen molar-refractivity contribution in [3.05, 3.63) is 53.6 Å². The number of rotatable bonds is 8. The van der Waals surface area contributed by atoms with E-state index in [-0.39, 0.29) is 25.0 Å². The number of alkyl carbamates (subject to hydrolysis) is 1. The molecule has 3 aliphatic heterocycles. The smallest absolute Gasteiger partial charge is 0.410 e. The van der Waals surface area contributed by atoms with Gasteiger partial charge in [-0.2, -0.15) is 0 Å². The lowest BCUT2D eigenvalue weighted by atomic mass is 9.85. The Labute approximate surface area is 326 Å². The zero-order valence-corrected chi connectivity index (χ0v) is 33.9. The van der Waals surface area contributed by atoms with E-state index in [1.807, 2.05) is 18.2 Å². The Morgan fingerprint density at radius 3 is 2.52 bits per heavy atom. The van der Waals surface area contributed by atoms with E-state index in [1.165, 1.54) is 11.0 Å². The summed E-state index contributed by atoms with van der Waals surface area (Å²) in [5, 5.41) is 4.77. The van der Waals surface area contributed by atoms with Gasteiger partial charge in [-0.05, 0) is 60.6 Å². The molecule has 0 aromatic heterocycles. The van der Waals surface area contributed by atoms with Crippen LogP contribution in [-0.2, 0) is 47.0 Å². The Bertz CT molecular complexity index is 1840. The van der Waals surface area contributed by atoms with Crippen molar-refractivity contribution in [2.75, 3.05) is 13.2 Å². The standard InChI is InChI=1S/C38H50IN5O9S/c1-6-28(39-5)30(33(46)42-54(50,51)26-13-14-26)40-32(45)29-18-25-20-44(29)34(47)31(37(2,3)4)41-35(48)52-22-38(16-17-38)15-8-7-10-23-11-9-12-24-19-43(21-27(23)24)36(49)53-25/h6-7,9-12,25-26,28-31H,1,5,8,13-22H2,2-4H3,(H,40,45)(H,41,48)(H,42,46)/b10-7+/t25-,28+,29+,30?,31-/m1/s1. The summed E-state index contributed by atoms with van der Waals surface area (Å²) in [4.78, 5) is 72.0. The van der Waals surface area contributed by atoms with E-state index in [4.69, 9.17) is 9.47 Å². The molecule has 1 unspecified atom stereocenters. The summed E-state index contributed by atoms with van der Waals surface area (Å²) in [7, 11) is -3.94. The van der Waals surface area contributed by atoms with Crippen LogP contribution >= 0.6 is 20.7 Å². The maximum Gasteiger partial charge on any atom is 0.410 e. The Morgan fingerprint density at radius 1 is 1.13 bits per heavy atom. The molecule has 16 heteroatoms. The molecule has 6 rings (SSSR count). The first kappa shape index (κ1) is 39.9. The second kappa shape index (κ2) is 15.7. The number of hydrogen-bond donors (Lipinski definition) is 3. The molecule has 4 bridgehead atoms. The predicted molar refractivity (Wildman–Crippen MR) is 211 cm³/mol. The van der Waals surface area contributed by atoms with E-state index in [1.54, 1.807) is 25.7 Å². The van der Waals surface area contributed by atoms with Crippen molar-refractivity contribution < 1.29 is 41.9 Å². The number of ether oxygens (including phenoxy) is 2. The van der Waals surface area contributed by atoms with Gasteiger partial charge in [0, 0.05) is 18.4 Å². The van der Waals surface area contributed by atoms with Gasteiger partial charge in [0.15, 0.2) is 0 Å². The molecule has 2 aliphatic carbocycles. The molecule has 3 heterocycles. The van der Waals surface area contributed by atoms with E-state index >= 15 is 0 Å². The second-order valence-corrected chi connectivity index (χ2v) is 20.4. The molecular weight excluding hydrogens is 829 g/mol. The van der Waals surface area contributed by atoms with Gasteiger partial charge >= 0.3 is 12.2 Å². The molecule has 1 spiro atoms. The van der Waals surface area contributed by atoms with Gasteiger partial charge in [-0.3, -0.25) is 24.0 Å². The number of amides is 5. The number of fused-ring (bicyclic) bond motifs is 3. The van der Waals surface area contributed by atoms with Crippen LogP contribution in [0.15, 0.2) is 36.9 Å². The molecule has 5 aliphatic rings. The summed E-state index contributed by atoms with van der Waals surface area (Å²) in [5.74, 6) is -2.26. The number of nitrogens with zero attached hydrogens (tertiary/aromatic N) is 2. The molecule has 1 aromatic carbocycles. The minimum absolute atomic E-state index is 0.102. The number of halogens is 1. The largest absolute Gasteiger partial charge is 0.449 e. The highest BCUT2D eigenvalue weighted by Gasteiger charge is 2.49. The van der Waals surface area contributed by atoms with Crippen molar-refractivity contribution in [1.29, 1.82) is 0 Å². The predicted octanol–water partition coefficient (Wildman–Crippen LogP) is 3.89. The summed E-state index contributed by atoms with van der Waals surface area (Å²) in [6, 6.07) is 2.23. The van der Waals surface area contributed by atoms with Gasteiger partial charge in [-0.1, -0.05) is 61.7 Å². The van der Waals surface area contributed by atoms with Gasteiger partial charge in [0.05, 0.1) is 28.9 Å². The van der Waals surface area contributed by atoms with E-state index < -0.39 is 99.5 Å². The molecule has 1 aromatic rings. The van der Waals surface area contributed by atoms with Crippen LogP contribution in [0.2, 0.25) is 0 Å². The molecular formula is C38H50IN5O9S. The van der Waals surface area contributed by atoms with E-state index in [9.17, 15) is 32.4 Å². The summed E-state index contributed by atoms with van der Waals surface area (Å²) in [6.45, 7) is 9.83. The number of allylic oxidation sites excluding steroid dienone is 1. The van der Waals surface area contributed by atoms with E-state index in [0.29, 0.717) is 25.9 Å². The average Bonchev–Trinajstić information content (AvgIpc) is 4.03. The van der Waals surface area contributed by atoms with Gasteiger partial charge in [0.1, 0.15) is 24.2 Å². The van der Waals surface area contributed by atoms with Gasteiger partial charge in [-0.15, -0.1) is 27.3 Å². The topological polar surface area (TPSA) is 181 Å². The third-order valence-electron chi connectivity index (χ3n) is 10.9. The van der Waals surface area contributed by atoms with Crippen LogP contribution in [0.1, 0.15) is 82.4 Å².